The van der Waals surface area contributed by atoms with Gasteiger partial charge in [-0.05, 0) is 67.6 Å². The molecular formula is C28H25FN6O2. The fraction of sp³-hybridized carbons (Fsp3) is 0.214. The molecule has 0 N–H and O–H groups in total. The summed E-state index contributed by atoms with van der Waals surface area (Å²) >= 11 is 0. The minimum atomic E-state index is -0.359. The number of hydrogen-bond donors (Lipinski definition) is 0. The molecule has 0 radical (unpaired) electrons. The molecule has 9 heteroatoms. The number of carbonyl (C=O) groups excluding carboxylic acids is 1. The van der Waals surface area contributed by atoms with E-state index < -0.39 is 0 Å². The highest BCUT2D eigenvalue weighted by Crippen LogP contribution is 2.30. The van der Waals surface area contributed by atoms with Gasteiger partial charge >= 0.3 is 0 Å². The number of aromatic nitrogens is 4. The minimum Gasteiger partial charge on any atom is -0.497 e. The summed E-state index contributed by atoms with van der Waals surface area (Å²) in [6, 6.07) is 21.2. The lowest BCUT2D eigenvalue weighted by molar-refractivity contribution is 0.0673. The summed E-state index contributed by atoms with van der Waals surface area (Å²) < 4.78 is 20.7. The zero-order valence-corrected chi connectivity index (χ0v) is 20.5. The molecule has 0 aliphatic carbocycles. The summed E-state index contributed by atoms with van der Waals surface area (Å²) in [5.41, 5.74) is 2.93. The Bertz CT molecular complexity index is 1600. The van der Waals surface area contributed by atoms with Crippen molar-refractivity contribution in [1.82, 2.24) is 24.5 Å². The van der Waals surface area contributed by atoms with Crippen LogP contribution in [0.5, 0.6) is 5.75 Å². The van der Waals surface area contributed by atoms with Gasteiger partial charge in [-0.25, -0.2) is 13.8 Å². The fourth-order valence-corrected chi connectivity index (χ4v) is 4.90. The van der Waals surface area contributed by atoms with Crippen molar-refractivity contribution in [3.05, 3.63) is 84.2 Å². The topological polar surface area (TPSA) is 75.9 Å². The van der Waals surface area contributed by atoms with Gasteiger partial charge in [0.15, 0.2) is 11.5 Å². The first-order chi connectivity index (χ1) is 18.0. The van der Waals surface area contributed by atoms with E-state index in [1.54, 1.807) is 7.11 Å². The van der Waals surface area contributed by atoms with E-state index in [9.17, 15) is 9.18 Å². The molecule has 6 rings (SSSR count). The average Bonchev–Trinajstić information content (AvgIpc) is 3.38. The van der Waals surface area contributed by atoms with Gasteiger partial charge < -0.3 is 14.5 Å². The van der Waals surface area contributed by atoms with E-state index >= 15 is 0 Å². The van der Waals surface area contributed by atoms with Crippen LogP contribution in [-0.2, 0) is 0 Å². The Morgan fingerprint density at radius 2 is 1.73 bits per heavy atom. The van der Waals surface area contributed by atoms with Gasteiger partial charge in [0.05, 0.1) is 12.6 Å². The molecule has 1 aliphatic heterocycles. The number of amides is 1. The first-order valence-electron chi connectivity index (χ1n) is 12.1. The predicted molar refractivity (Wildman–Crippen MR) is 139 cm³/mol. The molecular weight excluding hydrogens is 471 g/mol. The highest BCUT2D eigenvalue weighted by atomic mass is 19.1. The van der Waals surface area contributed by atoms with E-state index in [0.29, 0.717) is 31.0 Å². The summed E-state index contributed by atoms with van der Waals surface area (Å²) in [5.74, 6) is 1.71. The van der Waals surface area contributed by atoms with Gasteiger partial charge in [0.25, 0.3) is 5.91 Å². The molecule has 1 atom stereocenters. The molecule has 0 saturated carbocycles. The van der Waals surface area contributed by atoms with Crippen LogP contribution in [0.25, 0.3) is 27.9 Å². The number of fused-ring (bicyclic) bond motifs is 3. The Hall–Kier alpha value is -4.53. The Morgan fingerprint density at radius 1 is 0.973 bits per heavy atom. The molecule has 2 aromatic heterocycles. The van der Waals surface area contributed by atoms with Crippen molar-refractivity contribution in [3.8, 4) is 17.1 Å². The van der Waals surface area contributed by atoms with E-state index in [0.717, 1.165) is 33.8 Å². The van der Waals surface area contributed by atoms with E-state index in [2.05, 4.69) is 15.1 Å². The van der Waals surface area contributed by atoms with Crippen LogP contribution in [-0.4, -0.2) is 63.2 Å². The average molecular weight is 497 g/mol. The number of carbonyl (C=O) groups is 1. The van der Waals surface area contributed by atoms with E-state index in [-0.39, 0.29) is 17.8 Å². The zero-order chi connectivity index (χ0) is 25.5. The molecule has 37 heavy (non-hydrogen) atoms. The molecule has 5 aromatic rings. The molecule has 3 heterocycles. The van der Waals surface area contributed by atoms with Crippen LogP contribution in [0.15, 0.2) is 72.8 Å². The van der Waals surface area contributed by atoms with Crippen LogP contribution >= 0.6 is 0 Å². The number of hydrogen-bond acceptors (Lipinski definition) is 6. The van der Waals surface area contributed by atoms with Crippen molar-refractivity contribution in [2.45, 2.75) is 13.0 Å². The number of ether oxygens (including phenoxy) is 1. The molecule has 186 valence electrons. The van der Waals surface area contributed by atoms with Crippen molar-refractivity contribution in [1.29, 1.82) is 0 Å². The molecule has 0 spiro atoms. The van der Waals surface area contributed by atoms with Crippen LogP contribution in [0, 0.1) is 5.82 Å². The lowest BCUT2D eigenvalue weighted by Gasteiger charge is -2.40. The molecule has 1 fully saturated rings. The summed E-state index contributed by atoms with van der Waals surface area (Å²) in [5, 5.41) is 10.0. The highest BCUT2D eigenvalue weighted by Gasteiger charge is 2.31. The van der Waals surface area contributed by atoms with Crippen molar-refractivity contribution >= 4 is 28.4 Å². The summed E-state index contributed by atoms with van der Waals surface area (Å²) in [7, 11) is 1.64. The largest absolute Gasteiger partial charge is 0.497 e. The van der Waals surface area contributed by atoms with Crippen LogP contribution in [0.2, 0.25) is 0 Å². The zero-order valence-electron chi connectivity index (χ0n) is 20.5. The third-order valence-corrected chi connectivity index (χ3v) is 6.84. The Morgan fingerprint density at radius 3 is 2.46 bits per heavy atom. The number of nitrogens with zero attached hydrogens (tertiary/aromatic N) is 6. The monoisotopic (exact) mass is 496 g/mol. The number of rotatable bonds is 4. The number of halogens is 1. The maximum atomic E-state index is 13.4. The third-order valence-electron chi connectivity index (χ3n) is 6.84. The number of methoxy groups -OCH3 is 1. The van der Waals surface area contributed by atoms with E-state index in [1.807, 2.05) is 64.8 Å². The van der Waals surface area contributed by atoms with Crippen molar-refractivity contribution in [3.63, 3.8) is 0 Å². The number of para-hydroxylation sites is 1. The van der Waals surface area contributed by atoms with Gasteiger partial charge in [-0.3, -0.25) is 4.79 Å². The van der Waals surface area contributed by atoms with Gasteiger partial charge in [-0.1, -0.05) is 12.1 Å². The van der Waals surface area contributed by atoms with Crippen LogP contribution in [0.3, 0.4) is 0 Å². The maximum absolute atomic E-state index is 13.4. The molecule has 8 nitrogen and oxygen atoms in total. The SMILES string of the molecule is COc1ccc(-c2nnc3c4ccccc4nc(N4CCN(C(=O)c5ccc(F)cc5)C(C)C4)n23)cc1. The van der Waals surface area contributed by atoms with Gasteiger partial charge in [0.1, 0.15) is 11.6 Å². The number of anilines is 1. The molecule has 1 amide bonds. The Kier molecular flexibility index (Phi) is 5.67. The predicted octanol–water partition coefficient (Wildman–Crippen LogP) is 4.44. The van der Waals surface area contributed by atoms with Crippen LogP contribution in [0.1, 0.15) is 17.3 Å². The minimum absolute atomic E-state index is 0.0875. The second kappa shape index (κ2) is 9.16. The molecule has 0 bridgehead atoms. The normalized spacial score (nSPS) is 15.9. The van der Waals surface area contributed by atoms with E-state index in [1.165, 1.54) is 24.3 Å². The molecule has 1 aliphatic rings. The third kappa shape index (κ3) is 4.02. The standard InChI is InChI=1S/C28H25FN6O2/c1-18-17-33(15-16-34(18)27(36)20-7-11-21(29)12-8-20)28-30-24-6-4-3-5-23(24)26-32-31-25(35(26)28)19-9-13-22(37-2)14-10-19/h3-14,18H,15-17H2,1-2H3. The summed E-state index contributed by atoms with van der Waals surface area (Å²) in [4.78, 5) is 22.2. The van der Waals surface area contributed by atoms with Crippen LogP contribution in [0.4, 0.5) is 10.3 Å². The fourth-order valence-electron chi connectivity index (χ4n) is 4.90. The number of piperazine rings is 1. The Balaban J connectivity index is 1.39. The lowest BCUT2D eigenvalue weighted by atomic mass is 10.1. The van der Waals surface area contributed by atoms with Gasteiger partial charge in [0.2, 0.25) is 5.95 Å². The molecule has 1 unspecified atom stereocenters. The Labute approximate surface area is 212 Å². The number of benzene rings is 3. The molecule has 3 aromatic carbocycles. The lowest BCUT2D eigenvalue weighted by Crippen LogP contribution is -2.54. The highest BCUT2D eigenvalue weighted by molar-refractivity contribution is 5.95. The van der Waals surface area contributed by atoms with Crippen LogP contribution < -0.4 is 9.64 Å². The van der Waals surface area contributed by atoms with Crippen molar-refractivity contribution in [2.75, 3.05) is 31.6 Å². The quantitative estimate of drug-likeness (QED) is 0.366. The van der Waals surface area contributed by atoms with Crippen molar-refractivity contribution in [2.24, 2.45) is 0 Å². The van der Waals surface area contributed by atoms with Gasteiger partial charge in [-0.15, -0.1) is 10.2 Å². The van der Waals surface area contributed by atoms with Gasteiger partial charge in [-0.2, -0.15) is 0 Å². The van der Waals surface area contributed by atoms with Gasteiger partial charge in [0, 0.05) is 42.2 Å². The first-order valence-corrected chi connectivity index (χ1v) is 12.1. The smallest absolute Gasteiger partial charge is 0.254 e. The summed E-state index contributed by atoms with van der Waals surface area (Å²) in [6.45, 7) is 3.68. The first kappa shape index (κ1) is 22.9. The maximum Gasteiger partial charge on any atom is 0.254 e. The second-order valence-electron chi connectivity index (χ2n) is 9.14. The van der Waals surface area contributed by atoms with Crippen molar-refractivity contribution < 1.29 is 13.9 Å². The summed E-state index contributed by atoms with van der Waals surface area (Å²) in [6.07, 6.45) is 0. The van der Waals surface area contributed by atoms with E-state index in [4.69, 9.17) is 9.72 Å². The molecule has 1 saturated heterocycles. The second-order valence-corrected chi connectivity index (χ2v) is 9.14.